The van der Waals surface area contributed by atoms with Gasteiger partial charge in [0.25, 0.3) is 15.9 Å². The molecule has 0 aliphatic rings. The highest BCUT2D eigenvalue weighted by molar-refractivity contribution is 7.90. The molecule has 0 radical (unpaired) electrons. The lowest BCUT2D eigenvalue weighted by molar-refractivity contribution is -0.114. The van der Waals surface area contributed by atoms with E-state index in [9.17, 15) is 18.0 Å². The molecule has 2 rings (SSSR count). The van der Waals surface area contributed by atoms with Crippen molar-refractivity contribution >= 4 is 27.3 Å². The van der Waals surface area contributed by atoms with Crippen molar-refractivity contribution in [1.82, 2.24) is 9.71 Å². The Labute approximate surface area is 140 Å². The van der Waals surface area contributed by atoms with Crippen LogP contribution in [-0.2, 0) is 14.8 Å². The molecule has 124 valence electrons. The molecule has 0 aliphatic carbocycles. The molecule has 1 aromatic heterocycles. The van der Waals surface area contributed by atoms with Gasteiger partial charge >= 0.3 is 0 Å². The van der Waals surface area contributed by atoms with Crippen molar-refractivity contribution in [2.24, 2.45) is 0 Å². The lowest BCUT2D eigenvalue weighted by atomic mass is 10.1. The average molecular weight is 344 g/mol. The smallest absolute Gasteiger partial charge is 0.264 e. The van der Waals surface area contributed by atoms with Crippen molar-refractivity contribution in [3.8, 4) is 0 Å². The Morgan fingerprint density at radius 2 is 1.54 bits per heavy atom. The van der Waals surface area contributed by atoms with Gasteiger partial charge in [-0.15, -0.1) is 0 Å². The van der Waals surface area contributed by atoms with Crippen molar-refractivity contribution in [2.45, 2.75) is 18.7 Å². The van der Waals surface area contributed by atoms with Gasteiger partial charge in [-0.1, -0.05) is 12.1 Å². The van der Waals surface area contributed by atoms with Crippen LogP contribution in [0.3, 0.4) is 0 Å². The van der Waals surface area contributed by atoms with Crippen molar-refractivity contribution < 1.29 is 18.0 Å². The van der Waals surface area contributed by atoms with Crippen LogP contribution < -0.4 is 4.72 Å². The number of sulfonamides is 1. The first-order valence-electron chi connectivity index (χ1n) is 7.06. The number of hydrogen-bond acceptors (Lipinski definition) is 5. The Morgan fingerprint density at radius 3 is 2.08 bits per heavy atom. The molecule has 24 heavy (non-hydrogen) atoms. The van der Waals surface area contributed by atoms with Crippen molar-refractivity contribution in [3.05, 3.63) is 66.0 Å². The maximum atomic E-state index is 12.2. The lowest BCUT2D eigenvalue weighted by Crippen LogP contribution is -2.29. The molecule has 6 nitrogen and oxygen atoms in total. The fourth-order valence-corrected chi connectivity index (χ4v) is 2.92. The van der Waals surface area contributed by atoms with Gasteiger partial charge in [-0.3, -0.25) is 14.6 Å². The lowest BCUT2D eigenvalue weighted by Gasteiger charge is -2.06. The molecule has 7 heteroatoms. The minimum Gasteiger partial charge on any atom is -0.295 e. The number of nitrogens with zero attached hydrogens (tertiary/aromatic N) is 1. The molecular formula is C17H16N2O4S. The van der Waals surface area contributed by atoms with E-state index in [0.717, 1.165) is 5.56 Å². The number of benzene rings is 1. The van der Waals surface area contributed by atoms with Gasteiger partial charge in [0.2, 0.25) is 0 Å². The average Bonchev–Trinajstić information content (AvgIpc) is 2.55. The number of ketones is 1. The summed E-state index contributed by atoms with van der Waals surface area (Å²) >= 11 is 0. The number of allylic oxidation sites excluding steroid dienone is 1. The number of Topliss-reactive ketones (excluding diaryl/α,β-unsaturated/α-hetero) is 1. The van der Waals surface area contributed by atoms with Gasteiger partial charge in [-0.25, -0.2) is 13.1 Å². The van der Waals surface area contributed by atoms with E-state index in [1.807, 2.05) is 4.72 Å². The Bertz CT molecular complexity index is 886. The second-order valence-corrected chi connectivity index (χ2v) is 6.80. The highest BCUT2D eigenvalue weighted by atomic mass is 32.2. The van der Waals surface area contributed by atoms with Gasteiger partial charge in [-0.2, -0.15) is 0 Å². The predicted octanol–water partition coefficient (Wildman–Crippen LogP) is 2.19. The molecule has 1 heterocycles. The summed E-state index contributed by atoms with van der Waals surface area (Å²) < 4.78 is 26.3. The Balaban J connectivity index is 2.16. The van der Waals surface area contributed by atoms with E-state index in [0.29, 0.717) is 11.1 Å². The third-order valence-electron chi connectivity index (χ3n) is 3.29. The number of aromatic nitrogens is 1. The van der Waals surface area contributed by atoms with Crippen LogP contribution in [0.25, 0.3) is 5.57 Å². The molecule has 0 unspecified atom stereocenters. The third-order valence-corrected chi connectivity index (χ3v) is 4.65. The highest BCUT2D eigenvalue weighted by Crippen LogP contribution is 2.13. The van der Waals surface area contributed by atoms with Crippen LogP contribution in [-0.4, -0.2) is 25.1 Å². The Morgan fingerprint density at radius 1 is 0.958 bits per heavy atom. The number of carbonyl (C=O) groups is 2. The number of carbonyl (C=O) groups excluding carboxylic acids is 2. The molecule has 0 spiro atoms. The summed E-state index contributed by atoms with van der Waals surface area (Å²) in [5.41, 5.74) is 1.77. The first-order chi connectivity index (χ1) is 11.3. The minimum absolute atomic E-state index is 0.0872. The van der Waals surface area contributed by atoms with E-state index in [1.165, 1.54) is 37.3 Å². The van der Waals surface area contributed by atoms with Crippen molar-refractivity contribution in [1.29, 1.82) is 0 Å². The zero-order valence-corrected chi connectivity index (χ0v) is 14.0. The predicted molar refractivity (Wildman–Crippen MR) is 89.7 cm³/mol. The molecule has 0 saturated carbocycles. The fraction of sp³-hybridized carbons (Fsp3) is 0.118. The molecule has 0 fully saturated rings. The molecule has 1 aromatic carbocycles. The number of pyridine rings is 1. The van der Waals surface area contributed by atoms with Gasteiger partial charge in [0.1, 0.15) is 0 Å². The second kappa shape index (κ2) is 7.18. The standard InChI is InChI=1S/C17H16N2O4S/c1-12(14-7-9-18-10-8-14)11-17(21)19-24(22,23)16-5-3-15(4-6-16)13(2)20/h3-11H,1-2H3,(H,19,21)/b12-11+. The fourth-order valence-electron chi connectivity index (χ4n) is 1.98. The quantitative estimate of drug-likeness (QED) is 0.663. The number of amides is 1. The zero-order chi connectivity index (χ0) is 17.7. The Hall–Kier alpha value is -2.80. The number of nitrogens with one attached hydrogen (secondary N) is 1. The second-order valence-electron chi connectivity index (χ2n) is 5.11. The summed E-state index contributed by atoms with van der Waals surface area (Å²) in [6, 6.07) is 8.80. The van der Waals surface area contributed by atoms with Crippen LogP contribution in [0.1, 0.15) is 29.8 Å². The van der Waals surface area contributed by atoms with E-state index in [1.54, 1.807) is 31.5 Å². The number of hydrogen-bond donors (Lipinski definition) is 1. The summed E-state index contributed by atoms with van der Waals surface area (Å²) in [7, 11) is -4.00. The first kappa shape index (κ1) is 17.6. The van der Waals surface area contributed by atoms with Gasteiger partial charge < -0.3 is 0 Å². The summed E-state index contributed by atoms with van der Waals surface area (Å²) in [5.74, 6) is -0.918. The third kappa shape index (κ3) is 4.36. The maximum absolute atomic E-state index is 12.2. The maximum Gasteiger partial charge on any atom is 0.264 e. The van der Waals surface area contributed by atoms with Crippen molar-refractivity contribution in [2.75, 3.05) is 0 Å². The van der Waals surface area contributed by atoms with Crippen LogP contribution in [0.15, 0.2) is 59.8 Å². The molecular weight excluding hydrogens is 328 g/mol. The zero-order valence-electron chi connectivity index (χ0n) is 13.2. The molecule has 0 atom stereocenters. The van der Waals surface area contributed by atoms with E-state index in [-0.39, 0.29) is 10.7 Å². The normalized spacial score (nSPS) is 11.8. The molecule has 0 bridgehead atoms. The van der Waals surface area contributed by atoms with Crippen LogP contribution in [0, 0.1) is 0 Å². The molecule has 0 aliphatic heterocycles. The van der Waals surface area contributed by atoms with Crippen LogP contribution >= 0.6 is 0 Å². The van der Waals surface area contributed by atoms with Crippen molar-refractivity contribution in [3.63, 3.8) is 0 Å². The molecule has 2 aromatic rings. The van der Waals surface area contributed by atoms with Crippen LogP contribution in [0.4, 0.5) is 0 Å². The monoisotopic (exact) mass is 344 g/mol. The summed E-state index contributed by atoms with van der Waals surface area (Å²) in [6.45, 7) is 3.08. The summed E-state index contributed by atoms with van der Waals surface area (Å²) in [5, 5.41) is 0. The van der Waals surface area contributed by atoms with Crippen LogP contribution in [0.2, 0.25) is 0 Å². The van der Waals surface area contributed by atoms with Crippen LogP contribution in [0.5, 0.6) is 0 Å². The SMILES string of the molecule is CC(=O)c1ccc(S(=O)(=O)NC(=O)/C=C(\C)c2ccncc2)cc1. The first-order valence-corrected chi connectivity index (χ1v) is 8.54. The molecule has 1 N–H and O–H groups in total. The van der Waals surface area contributed by atoms with Gasteiger partial charge in [0.05, 0.1) is 4.90 Å². The molecule has 0 saturated heterocycles. The van der Waals surface area contributed by atoms with E-state index in [2.05, 4.69) is 4.98 Å². The van der Waals surface area contributed by atoms with Gasteiger partial charge in [0.15, 0.2) is 5.78 Å². The van der Waals surface area contributed by atoms with Gasteiger partial charge in [0, 0.05) is 24.0 Å². The van der Waals surface area contributed by atoms with E-state index in [4.69, 9.17) is 0 Å². The van der Waals surface area contributed by atoms with E-state index >= 15 is 0 Å². The molecule has 1 amide bonds. The van der Waals surface area contributed by atoms with E-state index < -0.39 is 15.9 Å². The summed E-state index contributed by atoms with van der Waals surface area (Å²) in [6.07, 6.45) is 4.37. The van der Waals surface area contributed by atoms with Gasteiger partial charge in [-0.05, 0) is 49.2 Å². The summed E-state index contributed by atoms with van der Waals surface area (Å²) in [4.78, 5) is 27.0. The highest BCUT2D eigenvalue weighted by Gasteiger charge is 2.17. The number of rotatable bonds is 5. The minimum atomic E-state index is -4.00. The Kier molecular flexibility index (Phi) is 5.25. The largest absolute Gasteiger partial charge is 0.295 e. The topological polar surface area (TPSA) is 93.2 Å².